The third-order valence-electron chi connectivity index (χ3n) is 1.84. The molecule has 82 valence electrons. The summed E-state index contributed by atoms with van der Waals surface area (Å²) in [6, 6.07) is 9.25. The standard InChI is InChI=1S/C11H14NO3/c1-2-8-12(14)11(13)15-9-10-6-4-3-5-7-10/h3-7H,2,8-9H2,1H3/q-1. The Bertz CT molecular complexity index is 300. The van der Waals surface area contributed by atoms with E-state index in [1.807, 2.05) is 37.3 Å². The van der Waals surface area contributed by atoms with Gasteiger partial charge in [-0.15, -0.1) is 0 Å². The summed E-state index contributed by atoms with van der Waals surface area (Å²) in [6.07, 6.45) is -0.190. The maximum Gasteiger partial charge on any atom is 0.399 e. The molecule has 0 bridgehead atoms. The number of hydroxylamine groups is 2. The summed E-state index contributed by atoms with van der Waals surface area (Å²) in [6.45, 7) is 2.14. The van der Waals surface area contributed by atoms with E-state index >= 15 is 0 Å². The number of ether oxygens (including phenoxy) is 1. The average molecular weight is 208 g/mol. The van der Waals surface area contributed by atoms with E-state index in [1.54, 1.807) is 0 Å². The van der Waals surface area contributed by atoms with Gasteiger partial charge in [0.1, 0.15) is 6.61 Å². The van der Waals surface area contributed by atoms with Crippen molar-refractivity contribution in [3.8, 4) is 0 Å². The van der Waals surface area contributed by atoms with E-state index in [1.165, 1.54) is 0 Å². The van der Waals surface area contributed by atoms with Crippen LogP contribution in [0.15, 0.2) is 30.3 Å². The molecular weight excluding hydrogens is 194 g/mol. The number of carbonyl (C=O) groups is 1. The SMILES string of the molecule is CCCN([O-])C(=O)OCc1ccccc1. The van der Waals surface area contributed by atoms with Crippen molar-refractivity contribution < 1.29 is 9.53 Å². The molecular formula is C11H14NO3-. The van der Waals surface area contributed by atoms with Gasteiger partial charge in [0.25, 0.3) is 0 Å². The summed E-state index contributed by atoms with van der Waals surface area (Å²) < 4.78 is 4.82. The van der Waals surface area contributed by atoms with E-state index in [2.05, 4.69) is 0 Å². The molecule has 0 aliphatic heterocycles. The van der Waals surface area contributed by atoms with E-state index in [-0.39, 0.29) is 13.2 Å². The Balaban J connectivity index is 2.34. The molecule has 4 nitrogen and oxygen atoms in total. The van der Waals surface area contributed by atoms with E-state index in [9.17, 15) is 10.0 Å². The number of amides is 1. The number of benzene rings is 1. The number of nitrogens with zero attached hydrogens (tertiary/aromatic N) is 1. The molecule has 1 aromatic rings. The van der Waals surface area contributed by atoms with E-state index < -0.39 is 6.09 Å². The quantitative estimate of drug-likeness (QED) is 0.714. The highest BCUT2D eigenvalue weighted by atomic mass is 16.6. The predicted molar refractivity (Wildman–Crippen MR) is 57.0 cm³/mol. The molecule has 15 heavy (non-hydrogen) atoms. The molecule has 0 aliphatic rings. The first-order valence-corrected chi connectivity index (χ1v) is 4.89. The van der Waals surface area contributed by atoms with Gasteiger partial charge in [0, 0.05) is 6.54 Å². The molecule has 0 spiro atoms. The molecule has 0 unspecified atom stereocenters. The number of hydrogen-bond donors (Lipinski definition) is 0. The average Bonchev–Trinajstić information content (AvgIpc) is 2.27. The fraction of sp³-hybridized carbons (Fsp3) is 0.364. The lowest BCUT2D eigenvalue weighted by Crippen LogP contribution is -2.26. The Kier molecular flexibility index (Phi) is 4.63. The second-order valence-electron chi connectivity index (χ2n) is 3.14. The molecule has 0 saturated carbocycles. The summed E-state index contributed by atoms with van der Waals surface area (Å²) in [5.74, 6) is 0. The van der Waals surface area contributed by atoms with Crippen LogP contribution < -0.4 is 0 Å². The van der Waals surface area contributed by atoms with Crippen molar-refractivity contribution >= 4 is 6.09 Å². The molecule has 1 amide bonds. The molecule has 0 atom stereocenters. The highest BCUT2D eigenvalue weighted by Crippen LogP contribution is 2.02. The minimum absolute atomic E-state index is 0.141. The minimum atomic E-state index is -0.819. The van der Waals surface area contributed by atoms with Crippen molar-refractivity contribution in [3.05, 3.63) is 41.1 Å². The van der Waals surface area contributed by atoms with Gasteiger partial charge in [-0.2, -0.15) is 0 Å². The van der Waals surface area contributed by atoms with E-state index in [4.69, 9.17) is 4.74 Å². The van der Waals surface area contributed by atoms with Gasteiger partial charge in [0.15, 0.2) is 0 Å². The Labute approximate surface area is 89.0 Å². The smallest absolute Gasteiger partial charge is 0.399 e. The van der Waals surface area contributed by atoms with Crippen LogP contribution in [0.25, 0.3) is 0 Å². The summed E-state index contributed by atoms with van der Waals surface area (Å²) >= 11 is 0. The normalized spacial score (nSPS) is 9.73. The van der Waals surface area contributed by atoms with Gasteiger partial charge in [-0.25, -0.2) is 4.79 Å². The lowest BCUT2D eigenvalue weighted by Gasteiger charge is -2.26. The third kappa shape index (κ3) is 3.99. The van der Waals surface area contributed by atoms with Gasteiger partial charge in [0.05, 0.1) is 0 Å². The molecule has 0 saturated heterocycles. The monoisotopic (exact) mass is 208 g/mol. The predicted octanol–water partition coefficient (Wildman–Crippen LogP) is 2.53. The Morgan fingerprint density at radius 2 is 2.07 bits per heavy atom. The molecule has 1 rings (SSSR count). The van der Waals surface area contributed by atoms with Crippen LogP contribution in [0.3, 0.4) is 0 Å². The second kappa shape index (κ2) is 6.03. The van der Waals surface area contributed by atoms with Crippen molar-refractivity contribution in [2.75, 3.05) is 6.54 Å². The Morgan fingerprint density at radius 3 is 2.67 bits per heavy atom. The van der Waals surface area contributed by atoms with Crippen LogP contribution in [0.2, 0.25) is 0 Å². The molecule has 0 aliphatic carbocycles. The number of hydrogen-bond acceptors (Lipinski definition) is 3. The fourth-order valence-electron chi connectivity index (χ4n) is 1.09. The summed E-state index contributed by atoms with van der Waals surface area (Å²) in [4.78, 5) is 11.1. The largest absolute Gasteiger partial charge is 0.754 e. The van der Waals surface area contributed by atoms with Crippen LogP contribution in [-0.4, -0.2) is 17.7 Å². The minimum Gasteiger partial charge on any atom is -0.754 e. The van der Waals surface area contributed by atoms with Crippen molar-refractivity contribution in [2.24, 2.45) is 0 Å². The van der Waals surface area contributed by atoms with Gasteiger partial charge in [-0.1, -0.05) is 37.3 Å². The van der Waals surface area contributed by atoms with Gasteiger partial charge < -0.3 is 15.0 Å². The van der Waals surface area contributed by atoms with Gasteiger partial charge >= 0.3 is 6.09 Å². The van der Waals surface area contributed by atoms with E-state index in [0.29, 0.717) is 11.5 Å². The Hall–Kier alpha value is -1.55. The first-order valence-electron chi connectivity index (χ1n) is 4.89. The van der Waals surface area contributed by atoms with Crippen LogP contribution >= 0.6 is 0 Å². The van der Waals surface area contributed by atoms with Gasteiger partial charge in [-0.05, 0) is 12.0 Å². The van der Waals surface area contributed by atoms with Crippen LogP contribution in [0.5, 0.6) is 0 Å². The molecule has 1 aromatic carbocycles. The maximum atomic E-state index is 11.1. The molecule has 4 heteroatoms. The van der Waals surface area contributed by atoms with Crippen molar-refractivity contribution in [1.29, 1.82) is 0 Å². The highest BCUT2D eigenvalue weighted by Gasteiger charge is 2.03. The first-order chi connectivity index (χ1) is 7.24. The first kappa shape index (κ1) is 11.5. The summed E-state index contributed by atoms with van der Waals surface area (Å²) in [7, 11) is 0. The highest BCUT2D eigenvalue weighted by molar-refractivity contribution is 5.67. The summed E-state index contributed by atoms with van der Waals surface area (Å²) in [5, 5.41) is 11.3. The molecule has 0 fully saturated rings. The Morgan fingerprint density at radius 1 is 1.40 bits per heavy atom. The molecule has 0 aromatic heterocycles. The van der Waals surface area contributed by atoms with Crippen LogP contribution in [0, 0.1) is 5.21 Å². The van der Waals surface area contributed by atoms with Crippen molar-refractivity contribution in [3.63, 3.8) is 0 Å². The molecule has 0 heterocycles. The lowest BCUT2D eigenvalue weighted by molar-refractivity contribution is 0.111. The van der Waals surface area contributed by atoms with Crippen LogP contribution in [0.4, 0.5) is 4.79 Å². The van der Waals surface area contributed by atoms with Crippen LogP contribution in [-0.2, 0) is 11.3 Å². The van der Waals surface area contributed by atoms with E-state index in [0.717, 1.165) is 5.56 Å². The topological polar surface area (TPSA) is 52.6 Å². The van der Waals surface area contributed by atoms with Gasteiger partial charge in [0.2, 0.25) is 0 Å². The zero-order valence-electron chi connectivity index (χ0n) is 8.68. The third-order valence-corrected chi connectivity index (χ3v) is 1.84. The van der Waals surface area contributed by atoms with Crippen molar-refractivity contribution in [2.45, 2.75) is 20.0 Å². The fourth-order valence-corrected chi connectivity index (χ4v) is 1.09. The van der Waals surface area contributed by atoms with Crippen LogP contribution in [0.1, 0.15) is 18.9 Å². The summed E-state index contributed by atoms with van der Waals surface area (Å²) in [5.41, 5.74) is 0.871. The zero-order valence-corrected chi connectivity index (χ0v) is 8.68. The number of carbonyl (C=O) groups excluding carboxylic acids is 1. The van der Waals surface area contributed by atoms with Gasteiger partial charge in [-0.3, -0.25) is 0 Å². The second-order valence-corrected chi connectivity index (χ2v) is 3.14. The van der Waals surface area contributed by atoms with Crippen molar-refractivity contribution in [1.82, 2.24) is 5.06 Å². The number of rotatable bonds is 4. The molecule has 0 N–H and O–H groups in total. The molecule has 0 radical (unpaired) electrons. The zero-order chi connectivity index (χ0) is 11.1. The maximum absolute atomic E-state index is 11.1. The lowest BCUT2D eigenvalue weighted by atomic mass is 10.2.